The summed E-state index contributed by atoms with van der Waals surface area (Å²) in [5.74, 6) is -0.0598. The molecule has 1 aliphatic heterocycles. The fraction of sp³-hybridized carbons (Fsp3) is 0.533. The van der Waals surface area contributed by atoms with Crippen molar-refractivity contribution in [2.75, 3.05) is 32.7 Å². The van der Waals surface area contributed by atoms with Gasteiger partial charge < -0.3 is 5.32 Å². The van der Waals surface area contributed by atoms with Gasteiger partial charge in [-0.15, -0.1) is 0 Å². The van der Waals surface area contributed by atoms with Crippen molar-refractivity contribution in [2.45, 2.75) is 24.8 Å². The van der Waals surface area contributed by atoms with Crippen LogP contribution >= 0.6 is 23.2 Å². The summed E-state index contributed by atoms with van der Waals surface area (Å²) in [5.41, 5.74) is 0. The van der Waals surface area contributed by atoms with Crippen molar-refractivity contribution in [3.63, 3.8) is 0 Å². The van der Waals surface area contributed by atoms with Crippen LogP contribution in [0.2, 0.25) is 10.0 Å². The van der Waals surface area contributed by atoms with E-state index in [0.29, 0.717) is 26.2 Å². The lowest BCUT2D eigenvalue weighted by atomic mass is 10.3. The van der Waals surface area contributed by atoms with Gasteiger partial charge in [-0.2, -0.15) is 4.31 Å². The number of carbonyl (C=O) groups excluding carboxylic acids is 1. The first kappa shape index (κ1) is 19.5. The van der Waals surface area contributed by atoms with Gasteiger partial charge in [-0.3, -0.25) is 9.69 Å². The predicted octanol–water partition coefficient (Wildman–Crippen LogP) is 1.82. The summed E-state index contributed by atoms with van der Waals surface area (Å²) >= 11 is 12.1. The maximum atomic E-state index is 12.8. The lowest BCUT2D eigenvalue weighted by Gasteiger charge is -2.33. The Morgan fingerprint density at radius 3 is 2.21 bits per heavy atom. The monoisotopic (exact) mass is 393 g/mol. The van der Waals surface area contributed by atoms with E-state index in [0.717, 1.165) is 0 Å². The summed E-state index contributed by atoms with van der Waals surface area (Å²) in [6.45, 7) is 5.60. The first-order chi connectivity index (χ1) is 11.2. The van der Waals surface area contributed by atoms with Crippen LogP contribution in [0.3, 0.4) is 0 Å². The van der Waals surface area contributed by atoms with Crippen LogP contribution in [0.25, 0.3) is 0 Å². The molecule has 1 saturated heterocycles. The third-order valence-electron chi connectivity index (χ3n) is 3.66. The van der Waals surface area contributed by atoms with Crippen LogP contribution < -0.4 is 5.32 Å². The van der Waals surface area contributed by atoms with Gasteiger partial charge in [0.2, 0.25) is 15.9 Å². The molecule has 1 aromatic rings. The van der Waals surface area contributed by atoms with Gasteiger partial charge in [-0.25, -0.2) is 8.42 Å². The molecule has 24 heavy (non-hydrogen) atoms. The van der Waals surface area contributed by atoms with E-state index in [1.165, 1.54) is 16.4 Å². The van der Waals surface area contributed by atoms with Gasteiger partial charge in [0.15, 0.2) is 0 Å². The van der Waals surface area contributed by atoms with Crippen molar-refractivity contribution in [3.05, 3.63) is 28.2 Å². The minimum absolute atomic E-state index is 0.0562. The number of piperazine rings is 1. The molecule has 0 unspecified atom stereocenters. The molecule has 6 nitrogen and oxygen atoms in total. The predicted molar refractivity (Wildman–Crippen MR) is 94.9 cm³/mol. The molecule has 1 heterocycles. The van der Waals surface area contributed by atoms with Gasteiger partial charge in [0.1, 0.15) is 4.90 Å². The number of amides is 1. The van der Waals surface area contributed by atoms with E-state index < -0.39 is 10.0 Å². The number of carbonyl (C=O) groups is 1. The summed E-state index contributed by atoms with van der Waals surface area (Å²) in [7, 11) is -3.75. The van der Waals surface area contributed by atoms with E-state index in [2.05, 4.69) is 5.32 Å². The molecule has 1 N–H and O–H groups in total. The van der Waals surface area contributed by atoms with Crippen LogP contribution in [-0.2, 0) is 14.8 Å². The van der Waals surface area contributed by atoms with Crippen molar-refractivity contribution in [2.24, 2.45) is 0 Å². The van der Waals surface area contributed by atoms with Gasteiger partial charge >= 0.3 is 0 Å². The molecule has 1 aromatic carbocycles. The number of hydrogen-bond acceptors (Lipinski definition) is 4. The molecule has 0 saturated carbocycles. The molecule has 134 valence electrons. The van der Waals surface area contributed by atoms with Gasteiger partial charge in [-0.1, -0.05) is 29.3 Å². The Hall–Kier alpha value is -0.860. The van der Waals surface area contributed by atoms with Crippen LogP contribution in [-0.4, -0.2) is 62.3 Å². The Balaban J connectivity index is 2.02. The molecular weight excluding hydrogens is 373 g/mol. The van der Waals surface area contributed by atoms with Crippen molar-refractivity contribution in [1.82, 2.24) is 14.5 Å². The lowest BCUT2D eigenvalue weighted by Crippen LogP contribution is -2.51. The molecule has 0 aliphatic carbocycles. The number of hydrogen-bond donors (Lipinski definition) is 1. The van der Waals surface area contributed by atoms with Gasteiger partial charge in [0.25, 0.3) is 0 Å². The summed E-state index contributed by atoms with van der Waals surface area (Å²) in [4.78, 5) is 13.7. The van der Waals surface area contributed by atoms with Crippen molar-refractivity contribution >= 4 is 39.1 Å². The highest BCUT2D eigenvalue weighted by molar-refractivity contribution is 7.89. The van der Waals surface area contributed by atoms with E-state index in [1.54, 1.807) is 6.07 Å². The highest BCUT2D eigenvalue weighted by atomic mass is 35.5. The van der Waals surface area contributed by atoms with E-state index in [9.17, 15) is 13.2 Å². The van der Waals surface area contributed by atoms with Crippen molar-refractivity contribution in [3.8, 4) is 0 Å². The van der Waals surface area contributed by atoms with Crippen LogP contribution in [0.5, 0.6) is 0 Å². The van der Waals surface area contributed by atoms with Crippen molar-refractivity contribution in [1.29, 1.82) is 0 Å². The first-order valence-corrected chi connectivity index (χ1v) is 9.87. The zero-order chi connectivity index (χ0) is 17.9. The maximum Gasteiger partial charge on any atom is 0.246 e. The van der Waals surface area contributed by atoms with Gasteiger partial charge in [0, 0.05) is 32.2 Å². The summed E-state index contributed by atoms with van der Waals surface area (Å²) in [5, 5.41) is 3.05. The SMILES string of the molecule is CC(C)NC(=O)CN1CCN(S(=O)(=O)c2c(Cl)cccc2Cl)CC1. The Labute approximate surface area is 152 Å². The number of sulfonamides is 1. The highest BCUT2D eigenvalue weighted by Crippen LogP contribution is 2.31. The zero-order valence-corrected chi connectivity index (χ0v) is 16.0. The Morgan fingerprint density at radius 1 is 1.17 bits per heavy atom. The third-order valence-corrected chi connectivity index (χ3v) is 6.52. The van der Waals surface area contributed by atoms with Crippen molar-refractivity contribution < 1.29 is 13.2 Å². The number of rotatable bonds is 5. The fourth-order valence-corrected chi connectivity index (χ4v) is 5.07. The molecule has 2 rings (SSSR count). The molecule has 9 heteroatoms. The first-order valence-electron chi connectivity index (χ1n) is 7.67. The quantitative estimate of drug-likeness (QED) is 0.827. The number of benzene rings is 1. The minimum Gasteiger partial charge on any atom is -0.353 e. The molecular formula is C15H21Cl2N3O3S. The number of nitrogens with one attached hydrogen (secondary N) is 1. The lowest BCUT2D eigenvalue weighted by molar-refractivity contribution is -0.123. The summed E-state index contributed by atoms with van der Waals surface area (Å²) in [6.07, 6.45) is 0. The Bertz CT molecular complexity index is 682. The summed E-state index contributed by atoms with van der Waals surface area (Å²) < 4.78 is 26.9. The molecule has 1 aliphatic rings. The average molecular weight is 394 g/mol. The number of nitrogens with zero attached hydrogens (tertiary/aromatic N) is 2. The zero-order valence-electron chi connectivity index (χ0n) is 13.6. The van der Waals surface area contributed by atoms with Crippen LogP contribution in [0.15, 0.2) is 23.1 Å². The second-order valence-electron chi connectivity index (χ2n) is 5.95. The van der Waals surface area contributed by atoms with E-state index in [1.807, 2.05) is 18.7 Å². The molecule has 0 bridgehead atoms. The molecule has 0 spiro atoms. The Kier molecular flexibility index (Phi) is 6.50. The third kappa shape index (κ3) is 4.61. The van der Waals surface area contributed by atoms with Crippen LogP contribution in [0.4, 0.5) is 0 Å². The largest absolute Gasteiger partial charge is 0.353 e. The molecule has 0 radical (unpaired) electrons. The topological polar surface area (TPSA) is 69.7 Å². The minimum atomic E-state index is -3.75. The molecule has 0 atom stereocenters. The fourth-order valence-electron chi connectivity index (χ4n) is 2.56. The average Bonchev–Trinajstić information content (AvgIpc) is 2.46. The van der Waals surface area contributed by atoms with Gasteiger partial charge in [0.05, 0.1) is 16.6 Å². The maximum absolute atomic E-state index is 12.8. The van der Waals surface area contributed by atoms with Crippen LogP contribution in [0, 0.1) is 0 Å². The normalized spacial score (nSPS) is 17.2. The van der Waals surface area contributed by atoms with E-state index in [4.69, 9.17) is 23.2 Å². The van der Waals surface area contributed by atoms with Gasteiger partial charge in [-0.05, 0) is 26.0 Å². The number of halogens is 2. The van der Waals surface area contributed by atoms with Crippen LogP contribution in [0.1, 0.15) is 13.8 Å². The van der Waals surface area contributed by atoms with E-state index in [-0.39, 0.29) is 33.4 Å². The second kappa shape index (κ2) is 8.01. The highest BCUT2D eigenvalue weighted by Gasteiger charge is 2.32. The standard InChI is InChI=1S/C15H21Cl2N3O3S/c1-11(2)18-14(21)10-19-6-8-20(9-7-19)24(22,23)15-12(16)4-3-5-13(15)17/h3-5,11H,6-10H2,1-2H3,(H,18,21). The Morgan fingerprint density at radius 2 is 1.71 bits per heavy atom. The molecule has 1 amide bonds. The smallest absolute Gasteiger partial charge is 0.246 e. The summed E-state index contributed by atoms with van der Waals surface area (Å²) in [6, 6.07) is 4.70. The molecule has 0 aromatic heterocycles. The molecule has 1 fully saturated rings. The second-order valence-corrected chi connectivity index (χ2v) is 8.64. The van der Waals surface area contributed by atoms with E-state index >= 15 is 0 Å².